The molecule has 18 heavy (non-hydrogen) atoms. The highest BCUT2D eigenvalue weighted by atomic mass is 16.6. The third-order valence-electron chi connectivity index (χ3n) is 2.39. The molecule has 3 heteroatoms. The van der Waals surface area contributed by atoms with E-state index >= 15 is 0 Å². The smallest absolute Gasteiger partial charge is 0.338 e. The highest BCUT2D eigenvalue weighted by Gasteiger charge is 2.17. The molecule has 0 aliphatic heterocycles. The lowest BCUT2D eigenvalue weighted by molar-refractivity contribution is 0.00695. The zero-order valence-electron chi connectivity index (χ0n) is 11.3. The van der Waals surface area contributed by atoms with E-state index in [0.29, 0.717) is 12.0 Å². The molecule has 2 N–H and O–H groups in total. The van der Waals surface area contributed by atoms with Gasteiger partial charge in [0, 0.05) is 6.04 Å². The first-order valence-electron chi connectivity index (χ1n) is 6.03. The molecule has 1 atom stereocenters. The summed E-state index contributed by atoms with van der Waals surface area (Å²) in [5.41, 5.74) is 7.00. The van der Waals surface area contributed by atoms with Gasteiger partial charge in [-0.15, -0.1) is 6.58 Å². The van der Waals surface area contributed by atoms with Gasteiger partial charge in [0.2, 0.25) is 0 Å². The lowest BCUT2D eigenvalue weighted by Crippen LogP contribution is -2.23. The van der Waals surface area contributed by atoms with Gasteiger partial charge < -0.3 is 10.5 Å². The summed E-state index contributed by atoms with van der Waals surface area (Å²) in [6, 6.07) is 7.12. The van der Waals surface area contributed by atoms with Crippen molar-refractivity contribution in [2.75, 3.05) is 0 Å². The topological polar surface area (TPSA) is 52.3 Å². The fourth-order valence-corrected chi connectivity index (χ4v) is 1.52. The van der Waals surface area contributed by atoms with Gasteiger partial charge >= 0.3 is 5.97 Å². The molecular weight excluding hydrogens is 226 g/mol. The van der Waals surface area contributed by atoms with Crippen molar-refractivity contribution in [3.63, 3.8) is 0 Å². The number of ether oxygens (including phenoxy) is 1. The second-order valence-corrected chi connectivity index (χ2v) is 5.25. The Hall–Kier alpha value is -1.61. The van der Waals surface area contributed by atoms with Crippen molar-refractivity contribution in [2.45, 2.75) is 38.8 Å². The van der Waals surface area contributed by atoms with Crippen LogP contribution in [0.5, 0.6) is 0 Å². The third-order valence-corrected chi connectivity index (χ3v) is 2.39. The second-order valence-electron chi connectivity index (χ2n) is 5.25. The zero-order chi connectivity index (χ0) is 13.8. The van der Waals surface area contributed by atoms with Crippen LogP contribution in [0.2, 0.25) is 0 Å². The van der Waals surface area contributed by atoms with Gasteiger partial charge in [-0.25, -0.2) is 4.79 Å². The molecule has 0 fully saturated rings. The fourth-order valence-electron chi connectivity index (χ4n) is 1.52. The van der Waals surface area contributed by atoms with Gasteiger partial charge in [0.05, 0.1) is 5.56 Å². The normalized spacial score (nSPS) is 12.9. The highest BCUT2D eigenvalue weighted by Crippen LogP contribution is 2.17. The van der Waals surface area contributed by atoms with E-state index in [1.54, 1.807) is 18.2 Å². The minimum absolute atomic E-state index is 0.0739. The van der Waals surface area contributed by atoms with Crippen molar-refractivity contribution in [1.29, 1.82) is 0 Å². The van der Waals surface area contributed by atoms with Crippen LogP contribution in [-0.4, -0.2) is 11.6 Å². The molecule has 1 unspecified atom stereocenters. The van der Waals surface area contributed by atoms with Crippen LogP contribution >= 0.6 is 0 Å². The fraction of sp³-hybridized carbons (Fsp3) is 0.400. The van der Waals surface area contributed by atoms with Crippen molar-refractivity contribution in [3.8, 4) is 0 Å². The molecule has 0 bridgehead atoms. The summed E-state index contributed by atoms with van der Waals surface area (Å²) in [6.07, 6.45) is 2.50. The van der Waals surface area contributed by atoms with Crippen LogP contribution in [0.3, 0.4) is 0 Å². The number of carbonyl (C=O) groups excluding carboxylic acids is 1. The van der Waals surface area contributed by atoms with Gasteiger partial charge in [-0.1, -0.05) is 18.2 Å². The molecule has 3 nitrogen and oxygen atoms in total. The Bertz CT molecular complexity index is 415. The first kappa shape index (κ1) is 14.5. The molecule has 1 rings (SSSR count). The molecule has 0 saturated carbocycles. The van der Waals surface area contributed by atoms with Gasteiger partial charge in [-0.2, -0.15) is 0 Å². The lowest BCUT2D eigenvalue weighted by atomic mass is 10.0. The highest BCUT2D eigenvalue weighted by molar-refractivity contribution is 5.89. The summed E-state index contributed by atoms with van der Waals surface area (Å²) in [7, 11) is 0. The van der Waals surface area contributed by atoms with Gasteiger partial charge in [0.1, 0.15) is 5.60 Å². The lowest BCUT2D eigenvalue weighted by Gasteiger charge is -2.19. The number of rotatable bonds is 4. The summed E-state index contributed by atoms with van der Waals surface area (Å²) >= 11 is 0. The molecule has 0 aliphatic carbocycles. The van der Waals surface area contributed by atoms with Crippen LogP contribution < -0.4 is 5.73 Å². The molecule has 98 valence electrons. The quantitative estimate of drug-likeness (QED) is 0.656. The van der Waals surface area contributed by atoms with Crippen LogP contribution in [0.25, 0.3) is 0 Å². The van der Waals surface area contributed by atoms with Crippen LogP contribution in [-0.2, 0) is 4.74 Å². The summed E-state index contributed by atoms with van der Waals surface area (Å²) in [4.78, 5) is 11.8. The van der Waals surface area contributed by atoms with E-state index in [2.05, 4.69) is 6.58 Å². The van der Waals surface area contributed by atoms with E-state index in [1.165, 1.54) is 0 Å². The van der Waals surface area contributed by atoms with Crippen molar-refractivity contribution in [3.05, 3.63) is 48.0 Å². The SMILES string of the molecule is C=CCC(N)c1ccc(C(=O)OC(C)(C)C)cc1. The molecule has 0 aliphatic rings. The van der Waals surface area contributed by atoms with Crippen molar-refractivity contribution in [1.82, 2.24) is 0 Å². The van der Waals surface area contributed by atoms with E-state index in [-0.39, 0.29) is 12.0 Å². The van der Waals surface area contributed by atoms with Crippen LogP contribution in [0.15, 0.2) is 36.9 Å². The number of benzene rings is 1. The van der Waals surface area contributed by atoms with Gasteiger partial charge in [0.25, 0.3) is 0 Å². The molecule has 0 amide bonds. The third kappa shape index (κ3) is 4.34. The first-order valence-corrected chi connectivity index (χ1v) is 6.03. The predicted octanol–water partition coefficient (Wildman–Crippen LogP) is 3.22. The van der Waals surface area contributed by atoms with E-state index in [4.69, 9.17) is 10.5 Å². The van der Waals surface area contributed by atoms with Crippen LogP contribution in [0.1, 0.15) is 49.2 Å². The van der Waals surface area contributed by atoms with Crippen molar-refractivity contribution >= 4 is 5.97 Å². The molecule has 1 aromatic rings. The van der Waals surface area contributed by atoms with Gasteiger partial charge in [0.15, 0.2) is 0 Å². The standard InChI is InChI=1S/C15H21NO2/c1-5-6-13(16)11-7-9-12(10-8-11)14(17)18-15(2,3)4/h5,7-10,13H,1,6,16H2,2-4H3. The Morgan fingerprint density at radius 1 is 1.39 bits per heavy atom. The largest absolute Gasteiger partial charge is 0.456 e. The van der Waals surface area contributed by atoms with E-state index < -0.39 is 5.60 Å². The number of hydrogen-bond acceptors (Lipinski definition) is 3. The Morgan fingerprint density at radius 2 is 1.94 bits per heavy atom. The Balaban J connectivity index is 2.76. The number of carbonyl (C=O) groups is 1. The van der Waals surface area contributed by atoms with Crippen LogP contribution in [0, 0.1) is 0 Å². The first-order chi connectivity index (χ1) is 8.33. The van der Waals surface area contributed by atoms with Gasteiger partial charge in [-0.3, -0.25) is 0 Å². The molecule has 0 saturated heterocycles. The van der Waals surface area contributed by atoms with Crippen LogP contribution in [0.4, 0.5) is 0 Å². The molecule has 0 radical (unpaired) electrons. The van der Waals surface area contributed by atoms with Crippen molar-refractivity contribution in [2.24, 2.45) is 5.73 Å². The van der Waals surface area contributed by atoms with E-state index in [0.717, 1.165) is 5.56 Å². The molecular formula is C15H21NO2. The average molecular weight is 247 g/mol. The Kier molecular flexibility index (Phi) is 4.68. The van der Waals surface area contributed by atoms with E-state index in [1.807, 2.05) is 32.9 Å². The van der Waals surface area contributed by atoms with E-state index in [9.17, 15) is 4.79 Å². The molecule has 1 aromatic carbocycles. The van der Waals surface area contributed by atoms with Crippen molar-refractivity contribution < 1.29 is 9.53 Å². The monoisotopic (exact) mass is 247 g/mol. The number of nitrogens with two attached hydrogens (primary N) is 1. The maximum absolute atomic E-state index is 11.8. The zero-order valence-corrected chi connectivity index (χ0v) is 11.3. The molecule has 0 heterocycles. The summed E-state index contributed by atoms with van der Waals surface area (Å²) in [5.74, 6) is -0.314. The summed E-state index contributed by atoms with van der Waals surface area (Å²) < 4.78 is 5.29. The predicted molar refractivity (Wildman–Crippen MR) is 73.4 cm³/mol. The minimum atomic E-state index is -0.477. The second kappa shape index (κ2) is 5.83. The Labute approximate surface area is 109 Å². The number of esters is 1. The Morgan fingerprint density at radius 3 is 2.39 bits per heavy atom. The average Bonchev–Trinajstić information content (AvgIpc) is 2.27. The maximum Gasteiger partial charge on any atom is 0.338 e. The van der Waals surface area contributed by atoms with Gasteiger partial charge in [-0.05, 0) is 44.9 Å². The number of hydrogen-bond donors (Lipinski definition) is 1. The molecule has 0 aromatic heterocycles. The minimum Gasteiger partial charge on any atom is -0.456 e. The molecule has 0 spiro atoms. The summed E-state index contributed by atoms with van der Waals surface area (Å²) in [5, 5.41) is 0. The summed E-state index contributed by atoms with van der Waals surface area (Å²) in [6.45, 7) is 9.20. The maximum atomic E-state index is 11.8.